The lowest BCUT2D eigenvalue weighted by Gasteiger charge is -2.23. The molecule has 0 radical (unpaired) electrons. The molecule has 0 saturated carbocycles. The fourth-order valence-corrected chi connectivity index (χ4v) is 3.00. The summed E-state index contributed by atoms with van der Waals surface area (Å²) in [5, 5.41) is 2.92. The summed E-state index contributed by atoms with van der Waals surface area (Å²) in [6.07, 6.45) is 1.03. The monoisotopic (exact) mass is 368 g/mol. The van der Waals surface area contributed by atoms with Crippen molar-refractivity contribution < 1.29 is 14.3 Å². The van der Waals surface area contributed by atoms with Gasteiger partial charge in [0.1, 0.15) is 5.75 Å². The van der Waals surface area contributed by atoms with Gasteiger partial charge in [-0.15, -0.1) is 0 Å². The Hall–Kier alpha value is -2.82. The van der Waals surface area contributed by atoms with E-state index in [4.69, 9.17) is 4.74 Å². The predicted octanol–water partition coefficient (Wildman–Crippen LogP) is 3.41. The Morgan fingerprint density at radius 3 is 2.37 bits per heavy atom. The molecule has 27 heavy (non-hydrogen) atoms. The van der Waals surface area contributed by atoms with Gasteiger partial charge in [-0.3, -0.25) is 9.59 Å². The van der Waals surface area contributed by atoms with Crippen molar-refractivity contribution in [3.8, 4) is 5.75 Å². The summed E-state index contributed by atoms with van der Waals surface area (Å²) in [6, 6.07) is 13.8. The number of benzene rings is 2. The molecular weight excluding hydrogens is 340 g/mol. The van der Waals surface area contributed by atoms with Crippen molar-refractivity contribution in [2.24, 2.45) is 0 Å². The topological polar surface area (TPSA) is 58.6 Å². The van der Waals surface area contributed by atoms with Crippen LogP contribution >= 0.6 is 0 Å². The first-order chi connectivity index (χ1) is 12.9. The molecule has 0 fully saturated rings. The number of aryl methyl sites for hydroxylation is 2. The van der Waals surface area contributed by atoms with Crippen molar-refractivity contribution in [1.82, 2.24) is 5.32 Å². The van der Waals surface area contributed by atoms with Crippen LogP contribution in [0.4, 0.5) is 5.69 Å². The van der Waals surface area contributed by atoms with E-state index in [1.165, 1.54) is 6.92 Å². The summed E-state index contributed by atoms with van der Waals surface area (Å²) < 4.78 is 5.13. The zero-order valence-electron chi connectivity index (χ0n) is 16.5. The number of amides is 2. The molecule has 0 saturated heterocycles. The van der Waals surface area contributed by atoms with E-state index in [0.29, 0.717) is 13.1 Å². The van der Waals surface area contributed by atoms with Crippen molar-refractivity contribution in [2.75, 3.05) is 25.1 Å². The van der Waals surface area contributed by atoms with Gasteiger partial charge in [0.05, 0.1) is 7.11 Å². The zero-order chi connectivity index (χ0) is 19.8. The summed E-state index contributed by atoms with van der Waals surface area (Å²) >= 11 is 0. The van der Waals surface area contributed by atoms with Crippen LogP contribution in [0, 0.1) is 13.8 Å². The molecule has 5 nitrogen and oxygen atoms in total. The number of nitrogens with one attached hydrogen (secondary N) is 1. The highest BCUT2D eigenvalue weighted by molar-refractivity contribution is 5.93. The summed E-state index contributed by atoms with van der Waals surface area (Å²) in [5.74, 6) is 0.700. The molecule has 0 spiro atoms. The number of carbonyl (C=O) groups excluding carboxylic acids is 2. The van der Waals surface area contributed by atoms with Crippen molar-refractivity contribution in [3.05, 3.63) is 59.2 Å². The summed E-state index contributed by atoms with van der Waals surface area (Å²) in [6.45, 7) is 6.46. The number of hydrogen-bond donors (Lipinski definition) is 1. The Bertz CT molecular complexity index is 785. The second-order valence-corrected chi connectivity index (χ2v) is 6.66. The molecule has 2 amide bonds. The van der Waals surface area contributed by atoms with Crippen LogP contribution in [0.2, 0.25) is 0 Å². The average Bonchev–Trinajstić information content (AvgIpc) is 2.63. The summed E-state index contributed by atoms with van der Waals surface area (Å²) in [4.78, 5) is 25.9. The Labute approximate surface area is 161 Å². The molecule has 0 unspecified atom stereocenters. The molecule has 0 aromatic heterocycles. The van der Waals surface area contributed by atoms with Crippen LogP contribution in [0.3, 0.4) is 0 Å². The molecule has 1 N–H and O–H groups in total. The quantitative estimate of drug-likeness (QED) is 0.777. The molecule has 0 bridgehead atoms. The average molecular weight is 368 g/mol. The molecule has 5 heteroatoms. The van der Waals surface area contributed by atoms with E-state index in [2.05, 4.69) is 5.32 Å². The first kappa shape index (κ1) is 20.5. The summed E-state index contributed by atoms with van der Waals surface area (Å²) in [5.41, 5.74) is 4.18. The number of hydrogen-bond acceptors (Lipinski definition) is 3. The van der Waals surface area contributed by atoms with Gasteiger partial charge in [-0.2, -0.15) is 0 Å². The van der Waals surface area contributed by atoms with Crippen LogP contribution in [-0.4, -0.2) is 32.0 Å². The van der Waals surface area contributed by atoms with Crippen LogP contribution in [0.5, 0.6) is 5.75 Å². The van der Waals surface area contributed by atoms with Crippen LogP contribution in [0.1, 0.15) is 30.0 Å². The lowest BCUT2D eigenvalue weighted by Crippen LogP contribution is -2.34. The van der Waals surface area contributed by atoms with Gasteiger partial charge in [0.2, 0.25) is 11.8 Å². The highest BCUT2D eigenvalue weighted by Gasteiger charge is 2.15. The third-order valence-corrected chi connectivity index (χ3v) is 4.48. The minimum atomic E-state index is -0.0621. The number of nitrogens with zero attached hydrogens (tertiary/aromatic N) is 1. The second-order valence-electron chi connectivity index (χ2n) is 6.66. The first-order valence-corrected chi connectivity index (χ1v) is 9.15. The van der Waals surface area contributed by atoms with E-state index in [1.54, 1.807) is 12.0 Å². The number of ether oxygens (including phenoxy) is 1. The normalized spacial score (nSPS) is 10.4. The second kappa shape index (κ2) is 9.76. The third-order valence-electron chi connectivity index (χ3n) is 4.48. The molecular formula is C22H28N2O3. The van der Waals surface area contributed by atoms with E-state index in [1.807, 2.05) is 56.3 Å². The number of methoxy groups -OCH3 is 1. The Morgan fingerprint density at radius 1 is 1.07 bits per heavy atom. The molecule has 2 aromatic carbocycles. The lowest BCUT2D eigenvalue weighted by molar-refractivity contribution is -0.121. The van der Waals surface area contributed by atoms with Gasteiger partial charge < -0.3 is 15.0 Å². The van der Waals surface area contributed by atoms with Gasteiger partial charge in [0, 0.05) is 32.1 Å². The Morgan fingerprint density at radius 2 is 1.78 bits per heavy atom. The molecule has 0 aliphatic carbocycles. The molecule has 2 aromatic rings. The van der Waals surface area contributed by atoms with E-state index in [9.17, 15) is 9.59 Å². The zero-order valence-corrected chi connectivity index (χ0v) is 16.5. The fraction of sp³-hybridized carbons (Fsp3) is 0.364. The summed E-state index contributed by atoms with van der Waals surface area (Å²) in [7, 11) is 1.64. The van der Waals surface area contributed by atoms with Gasteiger partial charge in [0.15, 0.2) is 0 Å². The van der Waals surface area contributed by atoms with Crippen LogP contribution in [-0.2, 0) is 16.0 Å². The van der Waals surface area contributed by atoms with E-state index in [0.717, 1.165) is 34.5 Å². The smallest absolute Gasteiger partial charge is 0.223 e. The first-order valence-electron chi connectivity index (χ1n) is 9.15. The molecule has 144 valence electrons. The van der Waals surface area contributed by atoms with Crippen molar-refractivity contribution in [3.63, 3.8) is 0 Å². The fourth-order valence-electron chi connectivity index (χ4n) is 3.00. The SMILES string of the molecule is COc1ccc(CCNC(=O)CCN(C(C)=O)c2ccc(C)cc2C)cc1. The molecule has 0 aliphatic rings. The Balaban J connectivity index is 1.83. The van der Waals surface area contributed by atoms with Gasteiger partial charge in [-0.05, 0) is 49.6 Å². The van der Waals surface area contributed by atoms with Crippen molar-refractivity contribution in [2.45, 2.75) is 33.6 Å². The molecule has 0 aliphatic heterocycles. The molecule has 2 rings (SSSR count). The number of rotatable bonds is 8. The van der Waals surface area contributed by atoms with Gasteiger partial charge in [-0.1, -0.05) is 29.8 Å². The standard InChI is InChI=1S/C22H28N2O3/c1-16-5-10-21(17(2)15-16)24(18(3)25)14-12-22(26)23-13-11-19-6-8-20(27-4)9-7-19/h5-10,15H,11-14H2,1-4H3,(H,23,26). The van der Waals surface area contributed by atoms with Gasteiger partial charge in [-0.25, -0.2) is 0 Å². The lowest BCUT2D eigenvalue weighted by atomic mass is 10.1. The van der Waals surface area contributed by atoms with E-state index >= 15 is 0 Å². The maximum absolute atomic E-state index is 12.2. The Kier molecular flexibility index (Phi) is 7.41. The van der Waals surface area contributed by atoms with Crippen LogP contribution < -0.4 is 15.0 Å². The third kappa shape index (κ3) is 6.13. The number of carbonyl (C=O) groups is 2. The van der Waals surface area contributed by atoms with E-state index < -0.39 is 0 Å². The highest BCUT2D eigenvalue weighted by atomic mass is 16.5. The highest BCUT2D eigenvalue weighted by Crippen LogP contribution is 2.21. The van der Waals surface area contributed by atoms with E-state index in [-0.39, 0.29) is 18.2 Å². The minimum absolute atomic E-state index is 0.0560. The predicted molar refractivity (Wildman–Crippen MR) is 108 cm³/mol. The van der Waals surface area contributed by atoms with Gasteiger partial charge >= 0.3 is 0 Å². The maximum atomic E-state index is 12.2. The van der Waals surface area contributed by atoms with Crippen LogP contribution in [0.25, 0.3) is 0 Å². The minimum Gasteiger partial charge on any atom is -0.497 e. The number of anilines is 1. The van der Waals surface area contributed by atoms with Crippen molar-refractivity contribution >= 4 is 17.5 Å². The largest absolute Gasteiger partial charge is 0.497 e. The van der Waals surface area contributed by atoms with Gasteiger partial charge in [0.25, 0.3) is 0 Å². The van der Waals surface area contributed by atoms with Crippen LogP contribution in [0.15, 0.2) is 42.5 Å². The molecule has 0 atom stereocenters. The van der Waals surface area contributed by atoms with Crippen molar-refractivity contribution in [1.29, 1.82) is 0 Å². The maximum Gasteiger partial charge on any atom is 0.223 e. The molecule has 0 heterocycles.